The molecule has 1 rings (SSSR count). The largest absolute Gasteiger partial charge is 0.314 e. The van der Waals surface area contributed by atoms with Crippen LogP contribution in [0, 0.1) is 11.8 Å². The van der Waals surface area contributed by atoms with Gasteiger partial charge in [0.2, 0.25) is 0 Å². The first-order chi connectivity index (χ1) is 8.93. The minimum atomic E-state index is -2.72. The predicted octanol–water partition coefficient (Wildman–Crippen LogP) is 3.01. The molecule has 0 amide bonds. The lowest BCUT2D eigenvalue weighted by Gasteiger charge is -2.21. The van der Waals surface area contributed by atoms with E-state index >= 15 is 0 Å². The molecule has 2 atom stereocenters. The lowest BCUT2D eigenvalue weighted by Crippen LogP contribution is -2.32. The van der Waals surface area contributed by atoms with Gasteiger partial charge >= 0.3 is 0 Å². The molecule has 0 aliphatic carbocycles. The maximum absolute atomic E-state index is 11.5. The van der Waals surface area contributed by atoms with Crippen LogP contribution in [0.25, 0.3) is 0 Å². The summed E-state index contributed by atoms with van der Waals surface area (Å²) < 4.78 is 23.0. The molecule has 1 N–H and O–H groups in total. The minimum Gasteiger partial charge on any atom is -0.314 e. The summed E-state index contributed by atoms with van der Waals surface area (Å²) in [7, 11) is -2.72. The van der Waals surface area contributed by atoms with E-state index in [2.05, 4.69) is 26.1 Å². The number of nitrogens with one attached hydrogen (secondary N) is 1. The quantitative estimate of drug-likeness (QED) is 0.710. The van der Waals surface area contributed by atoms with E-state index in [0.29, 0.717) is 23.5 Å². The molecule has 4 heteroatoms. The summed E-state index contributed by atoms with van der Waals surface area (Å²) in [6.07, 6.45) is 6.76. The Balaban J connectivity index is 2.36. The Kier molecular flexibility index (Phi) is 7.37. The van der Waals surface area contributed by atoms with Crippen LogP contribution >= 0.6 is 0 Å². The van der Waals surface area contributed by atoms with Gasteiger partial charge in [-0.1, -0.05) is 33.6 Å². The van der Waals surface area contributed by atoms with Crippen molar-refractivity contribution < 1.29 is 8.42 Å². The summed E-state index contributed by atoms with van der Waals surface area (Å²) in [6.45, 7) is 7.75. The highest BCUT2D eigenvalue weighted by Crippen LogP contribution is 2.24. The summed E-state index contributed by atoms with van der Waals surface area (Å²) in [5.74, 6) is 1.98. The van der Waals surface area contributed by atoms with E-state index < -0.39 is 9.84 Å². The third-order valence-corrected chi connectivity index (χ3v) is 5.80. The molecule has 0 bridgehead atoms. The van der Waals surface area contributed by atoms with E-state index in [9.17, 15) is 8.42 Å². The van der Waals surface area contributed by atoms with Crippen molar-refractivity contribution in [1.82, 2.24) is 5.32 Å². The third kappa shape index (κ3) is 7.31. The number of hydrogen-bond donors (Lipinski definition) is 1. The molecule has 114 valence electrons. The van der Waals surface area contributed by atoms with E-state index in [1.807, 2.05) is 0 Å². The molecule has 1 heterocycles. The second-order valence-corrected chi connectivity index (χ2v) is 8.71. The van der Waals surface area contributed by atoms with Gasteiger partial charge < -0.3 is 5.32 Å². The summed E-state index contributed by atoms with van der Waals surface area (Å²) in [5.41, 5.74) is 0. The van der Waals surface area contributed by atoms with Gasteiger partial charge in [0.05, 0.1) is 11.5 Å². The molecule has 3 nitrogen and oxygen atoms in total. The molecule has 0 radical (unpaired) electrons. The first-order valence-electron chi connectivity index (χ1n) is 7.86. The highest BCUT2D eigenvalue weighted by molar-refractivity contribution is 7.91. The summed E-state index contributed by atoms with van der Waals surface area (Å²) in [6, 6.07) is 0.511. The molecular formula is C15H31NO2S. The van der Waals surface area contributed by atoms with Crippen LogP contribution in [0.15, 0.2) is 0 Å². The van der Waals surface area contributed by atoms with E-state index in [1.54, 1.807) is 0 Å². The number of hydrogen-bond acceptors (Lipinski definition) is 3. The molecule has 19 heavy (non-hydrogen) atoms. The first kappa shape index (κ1) is 17.0. The molecule has 1 aliphatic heterocycles. The van der Waals surface area contributed by atoms with Gasteiger partial charge in [-0.05, 0) is 44.1 Å². The average molecular weight is 289 g/mol. The molecule has 0 saturated carbocycles. The Bertz CT molecular complexity index is 338. The van der Waals surface area contributed by atoms with Gasteiger partial charge in [0.1, 0.15) is 0 Å². The molecular weight excluding hydrogens is 258 g/mol. The summed E-state index contributed by atoms with van der Waals surface area (Å²) >= 11 is 0. The Morgan fingerprint density at radius 2 is 2.00 bits per heavy atom. The fourth-order valence-electron chi connectivity index (χ4n) is 2.88. The lowest BCUT2D eigenvalue weighted by atomic mass is 9.94. The Morgan fingerprint density at radius 3 is 2.53 bits per heavy atom. The van der Waals surface area contributed by atoms with Crippen molar-refractivity contribution in [2.24, 2.45) is 11.8 Å². The van der Waals surface area contributed by atoms with Crippen molar-refractivity contribution in [2.45, 2.75) is 65.3 Å². The topological polar surface area (TPSA) is 46.2 Å². The highest BCUT2D eigenvalue weighted by atomic mass is 32.2. The van der Waals surface area contributed by atoms with Crippen molar-refractivity contribution in [3.8, 4) is 0 Å². The monoisotopic (exact) mass is 289 g/mol. The zero-order chi connectivity index (χ0) is 14.3. The lowest BCUT2D eigenvalue weighted by molar-refractivity contribution is 0.368. The van der Waals surface area contributed by atoms with Gasteiger partial charge in [0.15, 0.2) is 9.84 Å². The average Bonchev–Trinajstić information content (AvgIpc) is 2.65. The van der Waals surface area contributed by atoms with Crippen molar-refractivity contribution in [1.29, 1.82) is 0 Å². The fraction of sp³-hybridized carbons (Fsp3) is 1.00. The minimum absolute atomic E-state index is 0.387. The molecule has 1 fully saturated rings. The van der Waals surface area contributed by atoms with Crippen molar-refractivity contribution in [3.63, 3.8) is 0 Å². The van der Waals surface area contributed by atoms with Crippen LogP contribution in [0.2, 0.25) is 0 Å². The molecule has 1 saturated heterocycles. The molecule has 0 aromatic rings. The normalized spacial score (nSPS) is 23.9. The molecule has 2 unspecified atom stereocenters. The molecule has 0 aromatic heterocycles. The predicted molar refractivity (Wildman–Crippen MR) is 82.1 cm³/mol. The van der Waals surface area contributed by atoms with Crippen molar-refractivity contribution >= 4 is 9.84 Å². The van der Waals surface area contributed by atoms with Crippen molar-refractivity contribution in [3.05, 3.63) is 0 Å². The fourth-order valence-corrected chi connectivity index (χ4v) is 4.76. The van der Waals surface area contributed by atoms with Gasteiger partial charge in [-0.25, -0.2) is 8.42 Å². The van der Waals surface area contributed by atoms with E-state index in [1.165, 1.54) is 19.3 Å². The Morgan fingerprint density at radius 1 is 1.26 bits per heavy atom. The van der Waals surface area contributed by atoms with Gasteiger partial charge in [-0.3, -0.25) is 0 Å². The van der Waals surface area contributed by atoms with Crippen LogP contribution in [-0.2, 0) is 9.84 Å². The number of sulfone groups is 1. The van der Waals surface area contributed by atoms with Gasteiger partial charge in [0, 0.05) is 6.04 Å². The van der Waals surface area contributed by atoms with Crippen LogP contribution < -0.4 is 5.32 Å². The molecule has 0 aromatic carbocycles. The van der Waals surface area contributed by atoms with Crippen LogP contribution in [0.4, 0.5) is 0 Å². The maximum Gasteiger partial charge on any atom is 0.150 e. The second kappa shape index (κ2) is 8.25. The summed E-state index contributed by atoms with van der Waals surface area (Å²) in [5, 5.41) is 3.60. The molecule has 0 spiro atoms. The molecule has 1 aliphatic rings. The zero-order valence-corrected chi connectivity index (χ0v) is 13.6. The first-order valence-corrected chi connectivity index (χ1v) is 9.69. The van der Waals surface area contributed by atoms with Gasteiger partial charge in [-0.2, -0.15) is 0 Å². The van der Waals surface area contributed by atoms with E-state index in [4.69, 9.17) is 0 Å². The van der Waals surface area contributed by atoms with Crippen molar-refractivity contribution in [2.75, 3.05) is 18.1 Å². The second-order valence-electron chi connectivity index (χ2n) is 6.48. The number of rotatable bonds is 9. The van der Waals surface area contributed by atoms with E-state index in [-0.39, 0.29) is 0 Å². The smallest absolute Gasteiger partial charge is 0.150 e. The maximum atomic E-state index is 11.5. The van der Waals surface area contributed by atoms with Gasteiger partial charge in [0.25, 0.3) is 0 Å². The van der Waals surface area contributed by atoms with E-state index in [0.717, 1.165) is 31.7 Å². The van der Waals surface area contributed by atoms with Gasteiger partial charge in [-0.15, -0.1) is 0 Å². The Labute approximate surface area is 119 Å². The summed E-state index contributed by atoms with van der Waals surface area (Å²) in [4.78, 5) is 0. The van der Waals surface area contributed by atoms with Crippen LogP contribution in [-0.4, -0.2) is 32.5 Å². The van der Waals surface area contributed by atoms with Crippen LogP contribution in [0.3, 0.4) is 0 Å². The van der Waals surface area contributed by atoms with Crippen LogP contribution in [0.5, 0.6) is 0 Å². The Hall–Kier alpha value is -0.0900. The standard InChI is InChI=1S/C15H31NO2S/c1-4-9-16-15(7-5-6-13(2)3)11-14-8-10-19(17,18)12-14/h13-16H,4-12H2,1-3H3. The SMILES string of the molecule is CCCNC(CCCC(C)C)CC1CCS(=O)(=O)C1. The van der Waals surface area contributed by atoms with Crippen LogP contribution in [0.1, 0.15) is 59.3 Å². The highest BCUT2D eigenvalue weighted by Gasteiger charge is 2.29. The zero-order valence-electron chi connectivity index (χ0n) is 12.8. The third-order valence-electron chi connectivity index (χ3n) is 3.96.